The van der Waals surface area contributed by atoms with Crippen LogP contribution in [0.5, 0.6) is 0 Å². The van der Waals surface area contributed by atoms with Crippen LogP contribution in [0.15, 0.2) is 59.0 Å². The maximum absolute atomic E-state index is 12.5. The summed E-state index contributed by atoms with van der Waals surface area (Å²) in [7, 11) is 0. The van der Waals surface area contributed by atoms with E-state index in [1.807, 2.05) is 12.1 Å². The summed E-state index contributed by atoms with van der Waals surface area (Å²) < 4.78 is 5.84. The number of hydrogen-bond acceptors (Lipinski definition) is 3. The van der Waals surface area contributed by atoms with E-state index < -0.39 is 0 Å². The van der Waals surface area contributed by atoms with Crippen LogP contribution in [0.3, 0.4) is 0 Å². The molecule has 3 rings (SSSR count). The van der Waals surface area contributed by atoms with Gasteiger partial charge >= 0.3 is 0 Å². The van der Waals surface area contributed by atoms with Gasteiger partial charge in [0.25, 0.3) is 5.91 Å². The molecule has 1 N–H and O–H groups in total. The lowest BCUT2D eigenvalue weighted by Gasteiger charge is -2.26. The highest BCUT2D eigenvalue weighted by Crippen LogP contribution is 2.21. The van der Waals surface area contributed by atoms with Gasteiger partial charge in [-0.3, -0.25) is 9.69 Å². The minimum atomic E-state index is -0.230. The van der Waals surface area contributed by atoms with Crippen molar-refractivity contribution in [1.29, 1.82) is 0 Å². The standard InChI is InChI=1S/C25H28Cl2N2O2/c1-17(2)29(15-20-7-5-4-6-18(20)3)16-22-10-11-24(31-22)25(30)28-13-12-19-8-9-21(26)14-23(19)27/h4-11,14,17H,12-13,15-16H2,1-3H3,(H,28,30). The second-order valence-corrected chi connectivity index (χ2v) is 8.78. The zero-order valence-corrected chi connectivity index (χ0v) is 19.6. The molecule has 0 aliphatic heterocycles. The lowest BCUT2D eigenvalue weighted by Crippen LogP contribution is -2.30. The topological polar surface area (TPSA) is 45.5 Å². The highest BCUT2D eigenvalue weighted by Gasteiger charge is 2.16. The highest BCUT2D eigenvalue weighted by atomic mass is 35.5. The number of aryl methyl sites for hydroxylation is 1. The van der Waals surface area contributed by atoms with Gasteiger partial charge in [0.1, 0.15) is 5.76 Å². The van der Waals surface area contributed by atoms with Crippen molar-refractivity contribution in [2.45, 2.75) is 46.3 Å². The van der Waals surface area contributed by atoms with Crippen LogP contribution >= 0.6 is 23.2 Å². The van der Waals surface area contributed by atoms with Gasteiger partial charge in [-0.1, -0.05) is 53.5 Å². The van der Waals surface area contributed by atoms with Crippen molar-refractivity contribution in [3.05, 3.63) is 92.9 Å². The largest absolute Gasteiger partial charge is 0.455 e. The van der Waals surface area contributed by atoms with E-state index >= 15 is 0 Å². The van der Waals surface area contributed by atoms with E-state index in [0.717, 1.165) is 17.9 Å². The molecule has 0 unspecified atom stereocenters. The van der Waals surface area contributed by atoms with E-state index in [1.165, 1.54) is 11.1 Å². The van der Waals surface area contributed by atoms with Crippen molar-refractivity contribution < 1.29 is 9.21 Å². The van der Waals surface area contributed by atoms with Crippen molar-refractivity contribution >= 4 is 29.1 Å². The Balaban J connectivity index is 1.56. The molecule has 3 aromatic rings. The van der Waals surface area contributed by atoms with Gasteiger partial charge in [-0.25, -0.2) is 0 Å². The van der Waals surface area contributed by atoms with Crippen LogP contribution in [0.1, 0.15) is 46.9 Å². The number of halogens is 2. The summed E-state index contributed by atoms with van der Waals surface area (Å²) in [6.07, 6.45) is 0.618. The Labute approximate surface area is 194 Å². The van der Waals surface area contributed by atoms with Gasteiger partial charge in [-0.15, -0.1) is 0 Å². The number of benzene rings is 2. The average molecular weight is 459 g/mol. The van der Waals surface area contributed by atoms with Gasteiger partial charge in [-0.05, 0) is 68.1 Å². The summed E-state index contributed by atoms with van der Waals surface area (Å²) in [6.45, 7) is 8.38. The van der Waals surface area contributed by atoms with Gasteiger partial charge < -0.3 is 9.73 Å². The Morgan fingerprint density at radius 1 is 1.03 bits per heavy atom. The monoisotopic (exact) mass is 458 g/mol. The molecule has 31 heavy (non-hydrogen) atoms. The number of nitrogens with one attached hydrogen (secondary N) is 1. The van der Waals surface area contributed by atoms with Gasteiger partial charge in [0.05, 0.1) is 6.54 Å². The Morgan fingerprint density at radius 3 is 2.52 bits per heavy atom. The second-order valence-electron chi connectivity index (χ2n) is 7.93. The van der Waals surface area contributed by atoms with Crippen molar-refractivity contribution in [2.24, 2.45) is 0 Å². The summed E-state index contributed by atoms with van der Waals surface area (Å²) in [5.74, 6) is 0.858. The van der Waals surface area contributed by atoms with E-state index in [1.54, 1.807) is 18.2 Å². The molecule has 0 spiro atoms. The number of hydrogen-bond donors (Lipinski definition) is 1. The van der Waals surface area contributed by atoms with E-state index in [9.17, 15) is 4.79 Å². The van der Waals surface area contributed by atoms with Gasteiger partial charge in [0.2, 0.25) is 0 Å². The Hall–Kier alpha value is -2.27. The molecule has 4 nitrogen and oxygen atoms in total. The molecule has 0 bridgehead atoms. The first kappa shape index (κ1) is 23.4. The van der Waals surface area contributed by atoms with Crippen LogP contribution in [0.4, 0.5) is 0 Å². The van der Waals surface area contributed by atoms with Crippen molar-refractivity contribution in [1.82, 2.24) is 10.2 Å². The highest BCUT2D eigenvalue weighted by molar-refractivity contribution is 6.35. The van der Waals surface area contributed by atoms with E-state index in [2.05, 4.69) is 55.3 Å². The lowest BCUT2D eigenvalue weighted by atomic mass is 10.1. The van der Waals surface area contributed by atoms with Crippen LogP contribution in [-0.2, 0) is 19.5 Å². The minimum Gasteiger partial charge on any atom is -0.455 e. The molecule has 0 aliphatic carbocycles. The van der Waals surface area contributed by atoms with Crippen molar-refractivity contribution in [3.63, 3.8) is 0 Å². The summed E-state index contributed by atoms with van der Waals surface area (Å²) in [5, 5.41) is 4.09. The molecule has 1 aromatic heterocycles. The zero-order chi connectivity index (χ0) is 22.4. The summed E-state index contributed by atoms with van der Waals surface area (Å²) in [5.41, 5.74) is 3.50. The summed E-state index contributed by atoms with van der Waals surface area (Å²) >= 11 is 12.1. The SMILES string of the molecule is Cc1ccccc1CN(Cc1ccc(C(=O)NCCc2ccc(Cl)cc2Cl)o1)C(C)C. The molecule has 0 saturated heterocycles. The fourth-order valence-corrected chi connectivity index (χ4v) is 3.84. The molecule has 0 radical (unpaired) electrons. The van der Waals surface area contributed by atoms with Crippen LogP contribution in [0, 0.1) is 6.92 Å². The molecule has 1 amide bonds. The summed E-state index contributed by atoms with van der Waals surface area (Å²) in [6, 6.07) is 17.7. The summed E-state index contributed by atoms with van der Waals surface area (Å²) in [4.78, 5) is 14.8. The average Bonchev–Trinajstić information content (AvgIpc) is 3.19. The molecule has 0 fully saturated rings. The minimum absolute atomic E-state index is 0.230. The maximum atomic E-state index is 12.5. The van der Waals surface area contributed by atoms with Crippen LogP contribution in [-0.4, -0.2) is 23.4 Å². The molecule has 0 aliphatic rings. The van der Waals surface area contributed by atoms with E-state index in [-0.39, 0.29) is 5.91 Å². The number of nitrogens with zero attached hydrogens (tertiary/aromatic N) is 1. The third-order valence-corrected chi connectivity index (χ3v) is 5.89. The smallest absolute Gasteiger partial charge is 0.287 e. The number of carbonyl (C=O) groups excluding carboxylic acids is 1. The van der Waals surface area contributed by atoms with E-state index in [0.29, 0.717) is 41.4 Å². The van der Waals surface area contributed by atoms with Gasteiger partial charge in [0, 0.05) is 29.2 Å². The Morgan fingerprint density at radius 2 is 1.81 bits per heavy atom. The third kappa shape index (κ3) is 6.60. The first-order chi connectivity index (χ1) is 14.8. The molecule has 0 saturated carbocycles. The maximum Gasteiger partial charge on any atom is 0.287 e. The zero-order valence-electron chi connectivity index (χ0n) is 18.1. The van der Waals surface area contributed by atoms with Crippen LogP contribution in [0.25, 0.3) is 0 Å². The van der Waals surface area contributed by atoms with Crippen molar-refractivity contribution in [3.8, 4) is 0 Å². The number of carbonyl (C=O) groups is 1. The normalized spacial score (nSPS) is 11.3. The lowest BCUT2D eigenvalue weighted by molar-refractivity contribution is 0.0921. The van der Waals surface area contributed by atoms with Gasteiger partial charge in [-0.2, -0.15) is 0 Å². The number of amides is 1. The van der Waals surface area contributed by atoms with Gasteiger partial charge in [0.15, 0.2) is 5.76 Å². The number of rotatable bonds is 9. The molecule has 2 aromatic carbocycles. The predicted molar refractivity (Wildman–Crippen MR) is 127 cm³/mol. The molecule has 1 heterocycles. The molecular formula is C25H28Cl2N2O2. The second kappa shape index (κ2) is 10.9. The third-order valence-electron chi connectivity index (χ3n) is 5.30. The molecule has 0 atom stereocenters. The molecular weight excluding hydrogens is 431 g/mol. The first-order valence-corrected chi connectivity index (χ1v) is 11.2. The fourth-order valence-electron chi connectivity index (χ4n) is 3.33. The van der Waals surface area contributed by atoms with Crippen LogP contribution < -0.4 is 5.32 Å². The quantitative estimate of drug-likeness (QED) is 0.410. The Kier molecular flexibility index (Phi) is 8.19. The Bertz CT molecular complexity index is 1030. The fraction of sp³-hybridized carbons (Fsp3) is 0.320. The predicted octanol–water partition coefficient (Wildman–Crippen LogP) is 6.28. The molecule has 6 heteroatoms. The van der Waals surface area contributed by atoms with E-state index in [4.69, 9.17) is 27.6 Å². The van der Waals surface area contributed by atoms with Crippen molar-refractivity contribution in [2.75, 3.05) is 6.54 Å². The first-order valence-electron chi connectivity index (χ1n) is 10.4. The number of furan rings is 1. The van der Waals surface area contributed by atoms with Crippen LogP contribution in [0.2, 0.25) is 10.0 Å². The molecule has 164 valence electrons.